The van der Waals surface area contributed by atoms with Gasteiger partial charge in [-0.2, -0.15) is 0 Å². The van der Waals surface area contributed by atoms with E-state index in [-0.39, 0.29) is 0 Å². The molecule has 0 amide bonds. The van der Waals surface area contributed by atoms with Gasteiger partial charge in [0.1, 0.15) is 5.52 Å². The van der Waals surface area contributed by atoms with E-state index in [2.05, 4.69) is 28.4 Å². The SMILES string of the molecule is c1cc2oc(C3CCCC3)nc2cc1N1CCNCC1. The molecule has 1 aromatic carbocycles. The molecular formula is C16H21N3O. The summed E-state index contributed by atoms with van der Waals surface area (Å²) in [6.45, 7) is 4.26. The molecule has 2 heterocycles. The highest BCUT2D eigenvalue weighted by Gasteiger charge is 2.22. The maximum absolute atomic E-state index is 5.95. The fourth-order valence-corrected chi connectivity index (χ4v) is 3.40. The number of anilines is 1. The molecule has 4 nitrogen and oxygen atoms in total. The minimum absolute atomic E-state index is 0.546. The minimum atomic E-state index is 0.546. The molecule has 4 rings (SSSR count). The van der Waals surface area contributed by atoms with Crippen LogP contribution in [0.1, 0.15) is 37.5 Å². The third kappa shape index (κ3) is 2.18. The quantitative estimate of drug-likeness (QED) is 0.912. The second kappa shape index (κ2) is 5.09. The van der Waals surface area contributed by atoms with Crippen LogP contribution in [-0.2, 0) is 0 Å². The molecule has 0 spiro atoms. The van der Waals surface area contributed by atoms with Crippen LogP contribution >= 0.6 is 0 Å². The lowest BCUT2D eigenvalue weighted by Gasteiger charge is -2.29. The molecule has 1 aliphatic heterocycles. The lowest BCUT2D eigenvalue weighted by Crippen LogP contribution is -2.43. The van der Waals surface area contributed by atoms with Crippen molar-refractivity contribution in [2.75, 3.05) is 31.1 Å². The number of nitrogens with zero attached hydrogens (tertiary/aromatic N) is 2. The molecule has 20 heavy (non-hydrogen) atoms. The Hall–Kier alpha value is -1.55. The number of oxazole rings is 1. The summed E-state index contributed by atoms with van der Waals surface area (Å²) in [5.41, 5.74) is 3.22. The Bertz CT molecular complexity index is 595. The number of hydrogen-bond donors (Lipinski definition) is 1. The largest absolute Gasteiger partial charge is 0.440 e. The molecule has 1 saturated heterocycles. The number of aromatic nitrogens is 1. The Morgan fingerprint density at radius 2 is 1.95 bits per heavy atom. The van der Waals surface area contributed by atoms with Gasteiger partial charge >= 0.3 is 0 Å². The number of hydrogen-bond acceptors (Lipinski definition) is 4. The van der Waals surface area contributed by atoms with Gasteiger partial charge < -0.3 is 14.6 Å². The van der Waals surface area contributed by atoms with Crippen LogP contribution in [0.25, 0.3) is 11.1 Å². The van der Waals surface area contributed by atoms with Crippen LogP contribution in [0.4, 0.5) is 5.69 Å². The monoisotopic (exact) mass is 271 g/mol. The maximum atomic E-state index is 5.95. The van der Waals surface area contributed by atoms with E-state index in [0.29, 0.717) is 5.92 Å². The van der Waals surface area contributed by atoms with E-state index >= 15 is 0 Å². The zero-order chi connectivity index (χ0) is 13.4. The summed E-state index contributed by atoms with van der Waals surface area (Å²) < 4.78 is 5.95. The van der Waals surface area contributed by atoms with Crippen molar-refractivity contribution in [1.82, 2.24) is 10.3 Å². The molecule has 0 atom stereocenters. The van der Waals surface area contributed by atoms with E-state index in [9.17, 15) is 0 Å². The van der Waals surface area contributed by atoms with Crippen molar-refractivity contribution >= 4 is 16.8 Å². The molecule has 1 aliphatic carbocycles. The number of nitrogens with one attached hydrogen (secondary N) is 1. The fourth-order valence-electron chi connectivity index (χ4n) is 3.40. The fraction of sp³-hybridized carbons (Fsp3) is 0.562. The Balaban J connectivity index is 1.64. The van der Waals surface area contributed by atoms with Gasteiger partial charge in [-0.3, -0.25) is 0 Å². The zero-order valence-electron chi connectivity index (χ0n) is 11.8. The molecule has 1 N–H and O–H groups in total. The summed E-state index contributed by atoms with van der Waals surface area (Å²) in [5, 5.41) is 3.39. The van der Waals surface area contributed by atoms with Crippen LogP contribution in [0.3, 0.4) is 0 Å². The van der Waals surface area contributed by atoms with Crippen LogP contribution in [0.2, 0.25) is 0 Å². The average molecular weight is 271 g/mol. The standard InChI is InChI=1S/C16H21N3O/c1-2-4-12(3-1)16-18-14-11-13(5-6-15(14)20-16)19-9-7-17-8-10-19/h5-6,11-12,17H,1-4,7-10H2. The van der Waals surface area contributed by atoms with Gasteiger partial charge in [-0.1, -0.05) is 12.8 Å². The van der Waals surface area contributed by atoms with Crippen molar-refractivity contribution in [2.24, 2.45) is 0 Å². The third-order valence-electron chi connectivity index (χ3n) is 4.57. The van der Waals surface area contributed by atoms with Gasteiger partial charge in [0.25, 0.3) is 0 Å². The van der Waals surface area contributed by atoms with Crippen LogP contribution in [0.5, 0.6) is 0 Å². The van der Waals surface area contributed by atoms with E-state index in [1.54, 1.807) is 0 Å². The third-order valence-corrected chi connectivity index (χ3v) is 4.57. The Labute approximate surface area is 119 Å². The van der Waals surface area contributed by atoms with Crippen molar-refractivity contribution in [3.63, 3.8) is 0 Å². The normalized spacial score (nSPS) is 20.9. The summed E-state index contributed by atoms with van der Waals surface area (Å²) in [5.74, 6) is 1.50. The molecule has 2 aliphatic rings. The second-order valence-corrected chi connectivity index (χ2v) is 5.92. The second-order valence-electron chi connectivity index (χ2n) is 5.92. The summed E-state index contributed by atoms with van der Waals surface area (Å²) in [6, 6.07) is 6.43. The van der Waals surface area contributed by atoms with Crippen molar-refractivity contribution in [3.8, 4) is 0 Å². The maximum Gasteiger partial charge on any atom is 0.198 e. The van der Waals surface area contributed by atoms with Gasteiger partial charge in [0.05, 0.1) is 0 Å². The van der Waals surface area contributed by atoms with E-state index in [1.807, 2.05) is 0 Å². The molecule has 2 aromatic rings. The van der Waals surface area contributed by atoms with Crippen molar-refractivity contribution in [2.45, 2.75) is 31.6 Å². The summed E-state index contributed by atoms with van der Waals surface area (Å²) >= 11 is 0. The van der Waals surface area contributed by atoms with Gasteiger partial charge in [-0.25, -0.2) is 4.98 Å². The Morgan fingerprint density at radius 3 is 2.75 bits per heavy atom. The molecule has 4 heteroatoms. The van der Waals surface area contributed by atoms with Gasteiger partial charge in [0, 0.05) is 37.8 Å². The Morgan fingerprint density at radius 1 is 1.15 bits per heavy atom. The van der Waals surface area contributed by atoms with E-state index in [4.69, 9.17) is 9.40 Å². The summed E-state index contributed by atoms with van der Waals surface area (Å²) in [6.07, 6.45) is 5.10. The molecular weight excluding hydrogens is 250 g/mol. The van der Waals surface area contributed by atoms with Crippen molar-refractivity contribution in [1.29, 1.82) is 0 Å². The number of fused-ring (bicyclic) bond motifs is 1. The molecule has 0 bridgehead atoms. The van der Waals surface area contributed by atoms with Crippen molar-refractivity contribution in [3.05, 3.63) is 24.1 Å². The molecule has 1 aromatic heterocycles. The molecule has 0 radical (unpaired) electrons. The zero-order valence-corrected chi connectivity index (χ0v) is 11.8. The first-order valence-corrected chi connectivity index (χ1v) is 7.76. The average Bonchev–Trinajstić information content (AvgIpc) is 3.16. The molecule has 2 fully saturated rings. The first-order valence-electron chi connectivity index (χ1n) is 7.76. The molecule has 1 saturated carbocycles. The smallest absolute Gasteiger partial charge is 0.198 e. The van der Waals surface area contributed by atoms with Crippen LogP contribution in [-0.4, -0.2) is 31.2 Å². The lowest BCUT2D eigenvalue weighted by molar-refractivity contribution is 0.474. The highest BCUT2D eigenvalue weighted by atomic mass is 16.3. The highest BCUT2D eigenvalue weighted by molar-refractivity contribution is 5.77. The van der Waals surface area contributed by atoms with Gasteiger partial charge in [0.2, 0.25) is 0 Å². The summed E-state index contributed by atoms with van der Waals surface area (Å²) in [7, 11) is 0. The number of rotatable bonds is 2. The first-order chi connectivity index (χ1) is 9.90. The van der Waals surface area contributed by atoms with E-state index in [1.165, 1.54) is 31.4 Å². The summed E-state index contributed by atoms with van der Waals surface area (Å²) in [4.78, 5) is 7.16. The van der Waals surface area contributed by atoms with Crippen LogP contribution in [0.15, 0.2) is 22.6 Å². The molecule has 0 unspecified atom stereocenters. The topological polar surface area (TPSA) is 41.3 Å². The first kappa shape index (κ1) is 12.2. The predicted octanol–water partition coefficient (Wildman–Crippen LogP) is 2.90. The Kier molecular flexibility index (Phi) is 3.11. The number of piperazine rings is 1. The van der Waals surface area contributed by atoms with Crippen LogP contribution < -0.4 is 10.2 Å². The molecule has 106 valence electrons. The van der Waals surface area contributed by atoms with E-state index in [0.717, 1.165) is 43.2 Å². The van der Waals surface area contributed by atoms with Crippen molar-refractivity contribution < 1.29 is 4.42 Å². The highest BCUT2D eigenvalue weighted by Crippen LogP contribution is 2.35. The van der Waals surface area contributed by atoms with Gasteiger partial charge in [-0.15, -0.1) is 0 Å². The van der Waals surface area contributed by atoms with Gasteiger partial charge in [0.15, 0.2) is 11.5 Å². The van der Waals surface area contributed by atoms with Crippen LogP contribution in [0, 0.1) is 0 Å². The predicted molar refractivity (Wildman–Crippen MR) is 80.3 cm³/mol. The minimum Gasteiger partial charge on any atom is -0.440 e. The van der Waals surface area contributed by atoms with Gasteiger partial charge in [-0.05, 0) is 31.0 Å². The van der Waals surface area contributed by atoms with E-state index < -0.39 is 0 Å². The number of benzene rings is 1. The lowest BCUT2D eigenvalue weighted by atomic mass is 10.1.